The van der Waals surface area contributed by atoms with Gasteiger partial charge in [-0.1, -0.05) is 0 Å². The number of halogens is 1. The minimum absolute atomic E-state index is 0.0883. The van der Waals surface area contributed by atoms with E-state index in [9.17, 15) is 24.5 Å². The van der Waals surface area contributed by atoms with E-state index < -0.39 is 22.8 Å². The number of nitro benzene ring substituents is 1. The molecule has 1 saturated heterocycles. The minimum atomic E-state index is -0.945. The molecule has 0 radical (unpaired) electrons. The number of methoxy groups -OCH3 is 1. The zero-order valence-electron chi connectivity index (χ0n) is 16.4. The molecule has 10 nitrogen and oxygen atoms in total. The van der Waals surface area contributed by atoms with Crippen molar-refractivity contribution < 1.29 is 28.8 Å². The lowest BCUT2D eigenvalue weighted by atomic mass is 10.1. The molecule has 1 fully saturated rings. The van der Waals surface area contributed by atoms with E-state index >= 15 is 0 Å². The monoisotopic (exact) mass is 537 g/mol. The number of nitro groups is 1. The molecule has 0 unspecified atom stereocenters. The number of barbiturate groups is 1. The van der Waals surface area contributed by atoms with Gasteiger partial charge in [0.15, 0.2) is 11.5 Å². The van der Waals surface area contributed by atoms with Gasteiger partial charge in [-0.05, 0) is 65.4 Å². The predicted octanol–water partition coefficient (Wildman–Crippen LogP) is 3.27. The Bertz CT molecular complexity index is 1110. The van der Waals surface area contributed by atoms with Crippen molar-refractivity contribution in [1.29, 1.82) is 0 Å². The van der Waals surface area contributed by atoms with Gasteiger partial charge >= 0.3 is 6.03 Å². The maximum Gasteiger partial charge on any atom is 0.335 e. The van der Waals surface area contributed by atoms with Crippen LogP contribution in [0.4, 0.5) is 16.2 Å². The van der Waals surface area contributed by atoms with Gasteiger partial charge in [0.25, 0.3) is 17.5 Å². The third-order valence-corrected chi connectivity index (χ3v) is 5.07. The van der Waals surface area contributed by atoms with Crippen LogP contribution in [-0.4, -0.2) is 36.5 Å². The second-order valence-electron chi connectivity index (χ2n) is 6.20. The zero-order chi connectivity index (χ0) is 22.7. The standard InChI is InChI=1S/C20H16IN3O7/c1-3-31-17-15(21)9-11(10-16(17)30-2)8-14-18(25)22-20(27)23(19(14)26)12-4-6-13(7-5-12)24(28)29/h4-10H,3H2,1-2H3,(H,22,25,27)/b14-8+. The van der Waals surface area contributed by atoms with Crippen molar-refractivity contribution in [3.8, 4) is 11.5 Å². The van der Waals surface area contributed by atoms with Gasteiger partial charge < -0.3 is 9.47 Å². The lowest BCUT2D eigenvalue weighted by molar-refractivity contribution is -0.384. The number of rotatable bonds is 6. The maximum atomic E-state index is 13.0. The van der Waals surface area contributed by atoms with Crippen molar-refractivity contribution >= 4 is 57.9 Å². The molecule has 3 rings (SSSR count). The molecule has 31 heavy (non-hydrogen) atoms. The van der Waals surface area contributed by atoms with E-state index in [0.29, 0.717) is 27.2 Å². The Hall–Kier alpha value is -3.48. The molecule has 4 amide bonds. The van der Waals surface area contributed by atoms with Gasteiger partial charge in [-0.3, -0.25) is 25.0 Å². The van der Waals surface area contributed by atoms with Gasteiger partial charge in [-0.2, -0.15) is 0 Å². The van der Waals surface area contributed by atoms with Gasteiger partial charge in [0.1, 0.15) is 5.57 Å². The number of urea groups is 1. The average molecular weight is 537 g/mol. The summed E-state index contributed by atoms with van der Waals surface area (Å²) >= 11 is 2.05. The molecule has 0 aliphatic carbocycles. The third kappa shape index (κ3) is 4.50. The van der Waals surface area contributed by atoms with E-state index in [1.54, 1.807) is 12.1 Å². The summed E-state index contributed by atoms with van der Waals surface area (Å²) in [5.41, 5.74) is 0.100. The quantitative estimate of drug-likeness (QED) is 0.197. The first-order valence-corrected chi connectivity index (χ1v) is 10.0. The molecule has 1 aliphatic rings. The highest BCUT2D eigenvalue weighted by molar-refractivity contribution is 14.1. The Kier molecular flexibility index (Phi) is 6.53. The van der Waals surface area contributed by atoms with Gasteiger partial charge in [0, 0.05) is 12.1 Å². The number of hydrogen-bond donors (Lipinski definition) is 1. The van der Waals surface area contributed by atoms with Gasteiger partial charge in [-0.15, -0.1) is 0 Å². The lowest BCUT2D eigenvalue weighted by Crippen LogP contribution is -2.54. The molecule has 11 heteroatoms. The van der Waals surface area contributed by atoms with Crippen molar-refractivity contribution in [2.45, 2.75) is 6.92 Å². The number of amides is 4. The topological polar surface area (TPSA) is 128 Å². The summed E-state index contributed by atoms with van der Waals surface area (Å²) in [7, 11) is 1.47. The van der Waals surface area contributed by atoms with Gasteiger partial charge in [-0.25, -0.2) is 9.69 Å². The van der Waals surface area contributed by atoms with E-state index in [1.807, 2.05) is 29.5 Å². The fourth-order valence-electron chi connectivity index (χ4n) is 2.89. The van der Waals surface area contributed by atoms with Crippen molar-refractivity contribution in [3.05, 3.63) is 61.2 Å². The first-order chi connectivity index (χ1) is 14.8. The molecule has 1 N–H and O–H groups in total. The van der Waals surface area contributed by atoms with Gasteiger partial charge in [0.2, 0.25) is 0 Å². The molecule has 2 aromatic carbocycles. The van der Waals surface area contributed by atoms with Crippen LogP contribution in [-0.2, 0) is 9.59 Å². The lowest BCUT2D eigenvalue weighted by Gasteiger charge is -2.26. The number of carbonyl (C=O) groups is 3. The van der Waals surface area contributed by atoms with Crippen LogP contribution < -0.4 is 19.7 Å². The minimum Gasteiger partial charge on any atom is -0.493 e. The molecule has 160 valence electrons. The second-order valence-corrected chi connectivity index (χ2v) is 7.36. The summed E-state index contributed by atoms with van der Waals surface area (Å²) in [6.07, 6.45) is 1.34. The second kappa shape index (κ2) is 9.12. The van der Waals surface area contributed by atoms with Gasteiger partial charge in [0.05, 0.1) is 27.9 Å². The number of anilines is 1. The molecule has 0 spiro atoms. The number of benzene rings is 2. The summed E-state index contributed by atoms with van der Waals surface area (Å²) < 4.78 is 11.6. The fourth-order valence-corrected chi connectivity index (χ4v) is 3.67. The van der Waals surface area contributed by atoms with E-state index in [1.165, 1.54) is 25.3 Å². The van der Waals surface area contributed by atoms with E-state index in [0.717, 1.165) is 17.0 Å². The third-order valence-electron chi connectivity index (χ3n) is 4.27. The van der Waals surface area contributed by atoms with Crippen LogP contribution in [0.5, 0.6) is 11.5 Å². The molecule has 2 aromatic rings. The number of carbonyl (C=O) groups excluding carboxylic acids is 3. The Balaban J connectivity index is 2.01. The predicted molar refractivity (Wildman–Crippen MR) is 119 cm³/mol. The molecule has 1 heterocycles. The fraction of sp³-hybridized carbons (Fsp3) is 0.150. The first kappa shape index (κ1) is 22.2. The van der Waals surface area contributed by atoms with Crippen LogP contribution in [0.1, 0.15) is 12.5 Å². The molecule has 0 atom stereocenters. The highest BCUT2D eigenvalue weighted by Gasteiger charge is 2.37. The smallest absolute Gasteiger partial charge is 0.335 e. The molecule has 0 bridgehead atoms. The SMILES string of the molecule is CCOc1c(I)cc(/C=C2\C(=O)NC(=O)N(c3ccc([N+](=O)[O-])cc3)C2=O)cc1OC. The molecular formula is C20H16IN3O7. The first-order valence-electron chi connectivity index (χ1n) is 8.93. The molecule has 0 saturated carbocycles. The van der Waals surface area contributed by atoms with Crippen LogP contribution in [0.25, 0.3) is 6.08 Å². The van der Waals surface area contributed by atoms with Crippen molar-refractivity contribution in [1.82, 2.24) is 5.32 Å². The highest BCUT2D eigenvalue weighted by Crippen LogP contribution is 2.35. The number of ether oxygens (including phenoxy) is 2. The normalized spacial score (nSPS) is 15.1. The Morgan fingerprint density at radius 3 is 2.45 bits per heavy atom. The van der Waals surface area contributed by atoms with Crippen LogP contribution in [0.2, 0.25) is 0 Å². The van der Waals surface area contributed by atoms with Crippen LogP contribution in [0, 0.1) is 13.7 Å². The number of nitrogens with zero attached hydrogens (tertiary/aromatic N) is 2. The highest BCUT2D eigenvalue weighted by atomic mass is 127. The molecular weight excluding hydrogens is 521 g/mol. The van der Waals surface area contributed by atoms with Crippen LogP contribution >= 0.6 is 22.6 Å². The summed E-state index contributed by atoms with van der Waals surface area (Å²) in [4.78, 5) is 48.6. The largest absolute Gasteiger partial charge is 0.493 e. The Morgan fingerprint density at radius 1 is 1.19 bits per heavy atom. The summed E-state index contributed by atoms with van der Waals surface area (Å²) in [5.74, 6) is -0.746. The summed E-state index contributed by atoms with van der Waals surface area (Å²) in [6.45, 7) is 2.26. The molecule has 1 aliphatic heterocycles. The summed E-state index contributed by atoms with van der Waals surface area (Å²) in [6, 6.07) is 7.20. The van der Waals surface area contributed by atoms with Crippen molar-refractivity contribution in [3.63, 3.8) is 0 Å². The Labute approximate surface area is 190 Å². The van der Waals surface area contributed by atoms with Crippen LogP contribution in [0.3, 0.4) is 0 Å². The maximum absolute atomic E-state index is 13.0. The van der Waals surface area contributed by atoms with E-state index in [2.05, 4.69) is 5.32 Å². The van der Waals surface area contributed by atoms with E-state index in [4.69, 9.17) is 9.47 Å². The van der Waals surface area contributed by atoms with E-state index in [-0.39, 0.29) is 16.9 Å². The van der Waals surface area contributed by atoms with Crippen LogP contribution in [0.15, 0.2) is 42.0 Å². The average Bonchev–Trinajstić information content (AvgIpc) is 2.73. The number of non-ortho nitro benzene ring substituents is 1. The van der Waals surface area contributed by atoms with Crippen molar-refractivity contribution in [2.24, 2.45) is 0 Å². The number of hydrogen-bond acceptors (Lipinski definition) is 7. The number of imide groups is 2. The zero-order valence-corrected chi connectivity index (χ0v) is 18.5. The molecule has 0 aromatic heterocycles. The Morgan fingerprint density at radius 2 is 1.87 bits per heavy atom. The number of nitrogens with one attached hydrogen (secondary N) is 1. The summed E-state index contributed by atoms with van der Waals surface area (Å²) in [5, 5.41) is 12.9. The van der Waals surface area contributed by atoms with Crippen molar-refractivity contribution in [2.75, 3.05) is 18.6 Å².